The van der Waals surface area contributed by atoms with Crippen molar-refractivity contribution in [3.05, 3.63) is 39.7 Å². The molecule has 1 fully saturated rings. The van der Waals surface area contributed by atoms with Gasteiger partial charge in [-0.3, -0.25) is 4.79 Å². The second-order valence-corrected chi connectivity index (χ2v) is 6.59. The van der Waals surface area contributed by atoms with Gasteiger partial charge in [-0.1, -0.05) is 0 Å². The van der Waals surface area contributed by atoms with Crippen molar-refractivity contribution in [1.82, 2.24) is 5.32 Å². The van der Waals surface area contributed by atoms with Crippen molar-refractivity contribution in [2.75, 3.05) is 19.8 Å². The van der Waals surface area contributed by atoms with Crippen molar-refractivity contribution in [3.8, 4) is 5.75 Å². The van der Waals surface area contributed by atoms with Gasteiger partial charge in [0.25, 0.3) is 5.91 Å². The van der Waals surface area contributed by atoms with Gasteiger partial charge in [-0.15, -0.1) is 0 Å². The second kappa shape index (κ2) is 6.88. The Morgan fingerprint density at radius 2 is 2.12 bits per heavy atom. The molecule has 1 atom stereocenters. The Kier molecular flexibility index (Phi) is 4.44. The number of hydrogen-bond acceptors (Lipinski definition) is 5. The van der Waals surface area contributed by atoms with Gasteiger partial charge in [0.2, 0.25) is 0 Å². The molecular weight excluding hydrogens is 322 g/mol. The molecule has 1 aliphatic heterocycles. The molecule has 2 aliphatic rings. The molecule has 1 aromatic heterocycles. The average molecular weight is 343 g/mol. The number of carbonyl (C=O) groups excluding carboxylic acids is 1. The standard InChI is InChI=1S/C19H21NO5/c21-18(20-10-13-3-2-8-23-13)11-24-12-6-7-15-14-4-1-5-16(14)19(22)25-17(15)9-12/h6-7,9,13H,1-5,8,10-11H2,(H,20,21)/t13-/m0/s1. The highest BCUT2D eigenvalue weighted by molar-refractivity contribution is 5.83. The topological polar surface area (TPSA) is 77.8 Å². The number of ether oxygens (including phenoxy) is 2. The Morgan fingerprint density at radius 3 is 2.96 bits per heavy atom. The number of amides is 1. The van der Waals surface area contributed by atoms with Crippen LogP contribution in [0.15, 0.2) is 27.4 Å². The van der Waals surface area contributed by atoms with E-state index in [1.165, 1.54) is 0 Å². The van der Waals surface area contributed by atoms with Gasteiger partial charge in [0.05, 0.1) is 6.10 Å². The average Bonchev–Trinajstić information content (AvgIpc) is 3.29. The summed E-state index contributed by atoms with van der Waals surface area (Å²) in [7, 11) is 0. The molecule has 0 saturated carbocycles. The lowest BCUT2D eigenvalue weighted by Crippen LogP contribution is -2.35. The van der Waals surface area contributed by atoms with Gasteiger partial charge in [0.1, 0.15) is 11.3 Å². The van der Waals surface area contributed by atoms with Crippen molar-refractivity contribution in [1.29, 1.82) is 0 Å². The van der Waals surface area contributed by atoms with Crippen LogP contribution in [0, 0.1) is 0 Å². The summed E-state index contributed by atoms with van der Waals surface area (Å²) in [4.78, 5) is 23.9. The molecule has 25 heavy (non-hydrogen) atoms. The first kappa shape index (κ1) is 16.1. The molecule has 0 bridgehead atoms. The summed E-state index contributed by atoms with van der Waals surface area (Å²) in [6, 6.07) is 5.40. The number of fused-ring (bicyclic) bond motifs is 3. The molecule has 132 valence electrons. The maximum Gasteiger partial charge on any atom is 0.339 e. The second-order valence-electron chi connectivity index (χ2n) is 6.59. The summed E-state index contributed by atoms with van der Waals surface area (Å²) < 4.78 is 16.4. The summed E-state index contributed by atoms with van der Waals surface area (Å²) in [5, 5.41) is 3.77. The maximum absolute atomic E-state index is 12.0. The van der Waals surface area contributed by atoms with Gasteiger partial charge in [-0.2, -0.15) is 0 Å². The third kappa shape index (κ3) is 3.39. The van der Waals surface area contributed by atoms with E-state index in [1.54, 1.807) is 6.07 Å². The molecule has 6 nitrogen and oxygen atoms in total. The van der Waals surface area contributed by atoms with Crippen LogP contribution in [-0.4, -0.2) is 31.8 Å². The van der Waals surface area contributed by atoms with E-state index in [1.807, 2.05) is 12.1 Å². The van der Waals surface area contributed by atoms with Gasteiger partial charge < -0.3 is 19.2 Å². The third-order valence-corrected chi connectivity index (χ3v) is 4.87. The lowest BCUT2D eigenvalue weighted by Gasteiger charge is -2.12. The summed E-state index contributed by atoms with van der Waals surface area (Å²) in [6.45, 7) is 1.21. The maximum atomic E-state index is 12.0. The van der Waals surface area contributed by atoms with Crippen molar-refractivity contribution >= 4 is 16.9 Å². The van der Waals surface area contributed by atoms with Crippen molar-refractivity contribution < 1.29 is 18.7 Å². The predicted octanol–water partition coefficient (Wildman–Crippen LogP) is 1.96. The van der Waals surface area contributed by atoms with Crippen LogP contribution in [0.3, 0.4) is 0 Å². The number of rotatable bonds is 5. The van der Waals surface area contributed by atoms with Crippen molar-refractivity contribution in [2.24, 2.45) is 0 Å². The highest BCUT2D eigenvalue weighted by Gasteiger charge is 2.20. The molecule has 2 aromatic rings. The van der Waals surface area contributed by atoms with Crippen LogP contribution in [0.25, 0.3) is 11.0 Å². The fourth-order valence-electron chi connectivity index (χ4n) is 3.59. The van der Waals surface area contributed by atoms with E-state index in [0.29, 0.717) is 17.9 Å². The highest BCUT2D eigenvalue weighted by atomic mass is 16.5. The number of benzene rings is 1. The van der Waals surface area contributed by atoms with E-state index in [0.717, 1.165) is 55.2 Å². The first-order valence-electron chi connectivity index (χ1n) is 8.80. The Bertz CT molecular complexity index is 851. The molecule has 1 aromatic carbocycles. The Balaban J connectivity index is 1.41. The van der Waals surface area contributed by atoms with E-state index in [9.17, 15) is 9.59 Å². The minimum atomic E-state index is -0.258. The van der Waals surface area contributed by atoms with Crippen LogP contribution in [0.5, 0.6) is 5.75 Å². The van der Waals surface area contributed by atoms with E-state index in [2.05, 4.69) is 5.32 Å². The molecule has 4 rings (SSSR count). The fourth-order valence-corrected chi connectivity index (χ4v) is 3.59. The zero-order valence-electron chi connectivity index (χ0n) is 14.0. The van der Waals surface area contributed by atoms with Crippen molar-refractivity contribution in [2.45, 2.75) is 38.2 Å². The largest absolute Gasteiger partial charge is 0.484 e. The van der Waals surface area contributed by atoms with Gasteiger partial charge in [0.15, 0.2) is 6.61 Å². The van der Waals surface area contributed by atoms with Crippen LogP contribution in [0.4, 0.5) is 0 Å². The van der Waals surface area contributed by atoms with Crippen LogP contribution < -0.4 is 15.7 Å². The zero-order chi connectivity index (χ0) is 17.2. The summed E-state index contributed by atoms with van der Waals surface area (Å²) >= 11 is 0. The summed E-state index contributed by atoms with van der Waals surface area (Å²) in [6.07, 6.45) is 4.82. The Morgan fingerprint density at radius 1 is 1.24 bits per heavy atom. The molecular formula is C19H21NO5. The molecule has 0 radical (unpaired) electrons. The van der Waals surface area contributed by atoms with Gasteiger partial charge in [-0.25, -0.2) is 4.79 Å². The van der Waals surface area contributed by atoms with E-state index in [-0.39, 0.29) is 24.2 Å². The third-order valence-electron chi connectivity index (χ3n) is 4.87. The minimum absolute atomic E-state index is 0.0760. The molecule has 2 heterocycles. The molecule has 1 amide bonds. The molecule has 0 spiro atoms. The Hall–Kier alpha value is -2.34. The lowest BCUT2D eigenvalue weighted by atomic mass is 10.1. The number of hydrogen-bond donors (Lipinski definition) is 1. The first-order valence-corrected chi connectivity index (χ1v) is 8.80. The summed E-state index contributed by atoms with van der Waals surface area (Å²) in [5.41, 5.74) is 2.15. The quantitative estimate of drug-likeness (QED) is 0.840. The van der Waals surface area contributed by atoms with E-state index in [4.69, 9.17) is 13.9 Å². The Labute approximate surface area is 145 Å². The number of nitrogens with one attached hydrogen (secondary N) is 1. The van der Waals surface area contributed by atoms with Crippen LogP contribution >= 0.6 is 0 Å². The molecule has 1 N–H and O–H groups in total. The first-order chi connectivity index (χ1) is 12.2. The van der Waals surface area contributed by atoms with Crippen LogP contribution in [0.1, 0.15) is 30.4 Å². The van der Waals surface area contributed by atoms with Gasteiger partial charge in [-0.05, 0) is 49.8 Å². The normalized spacial score (nSPS) is 19.1. The van der Waals surface area contributed by atoms with Gasteiger partial charge >= 0.3 is 5.63 Å². The molecule has 6 heteroatoms. The van der Waals surface area contributed by atoms with E-state index < -0.39 is 0 Å². The monoisotopic (exact) mass is 343 g/mol. The summed E-state index contributed by atoms with van der Waals surface area (Å²) in [5.74, 6) is 0.326. The van der Waals surface area contributed by atoms with Crippen LogP contribution in [-0.2, 0) is 22.4 Å². The number of aryl methyl sites for hydroxylation is 1. The SMILES string of the molecule is O=C(COc1ccc2c3c(c(=O)oc2c1)CCC3)NC[C@@H]1CCCO1. The fraction of sp³-hybridized carbons (Fsp3) is 0.474. The zero-order valence-corrected chi connectivity index (χ0v) is 14.0. The highest BCUT2D eigenvalue weighted by Crippen LogP contribution is 2.29. The van der Waals surface area contributed by atoms with E-state index >= 15 is 0 Å². The molecule has 1 saturated heterocycles. The lowest BCUT2D eigenvalue weighted by molar-refractivity contribution is -0.123. The predicted molar refractivity (Wildman–Crippen MR) is 92.0 cm³/mol. The number of carbonyl (C=O) groups is 1. The van der Waals surface area contributed by atoms with Crippen molar-refractivity contribution in [3.63, 3.8) is 0 Å². The van der Waals surface area contributed by atoms with Gasteiger partial charge in [0, 0.05) is 30.2 Å². The molecule has 1 aliphatic carbocycles. The molecule has 0 unspecified atom stereocenters. The van der Waals surface area contributed by atoms with Crippen LogP contribution in [0.2, 0.25) is 0 Å². The minimum Gasteiger partial charge on any atom is -0.484 e. The smallest absolute Gasteiger partial charge is 0.339 e.